The normalized spacial score (nSPS) is 50.6. The fourth-order valence-electron chi connectivity index (χ4n) is 31.6. The standard InChI is InChI=1S/C21H32O3.C19H30O3.C19H28O3.C18H24O3.C18H22O3/c1-12(22)15-4-5-16-19-17(7-9-21(15,16)3)20(2)8-6-14(23)10-13(20)11-18(19)24;2*1-18-7-5-12(20)9-11(18)10-15(21)17-13-3-4-16(22)19(13,2)8-6-14(17)18;2*1-18-7-6-13-12-3-2-11(19)8-10(12)9-15(20)17(13)14(18)4-5-16(18)21/h11,14-19,23-24H,4-10H2,1-3H3;11-15,17,20-21H,3-10H2,1-2H3;10,12-15,17,20-21H,3-9H2,1-2H3;2-3,8,13-17,19-21H,4-7,9H2,1H3;2-3,8,13-15,17,19-20H,4-7,9H2,1H3/t14-,15?,16?,17?,18-,19?,20?,21?;11-,12+,13?,14?,15+,17?,18?,19?;12-,13?,14?,15-,17?,18?,19?;13?,14?,15-,16-,17?,18?;13?,14?,15-,17?,18?/m01000/s1. The van der Waals surface area contributed by atoms with Crippen LogP contribution >= 0.6 is 0 Å². The molecule has 0 heterocycles. The summed E-state index contributed by atoms with van der Waals surface area (Å²) in [6, 6.07) is 11.2. The average molecular weight is 1520 g/mol. The van der Waals surface area contributed by atoms with Crippen molar-refractivity contribution >= 4 is 23.1 Å². The molecule has 11 N–H and O–H groups in total. The van der Waals surface area contributed by atoms with Gasteiger partial charge >= 0.3 is 0 Å². The summed E-state index contributed by atoms with van der Waals surface area (Å²) in [7, 11) is 0. The Morgan fingerprint density at radius 1 is 0.364 bits per heavy atom. The van der Waals surface area contributed by atoms with Gasteiger partial charge in [-0.1, -0.05) is 90.8 Å². The second-order valence-electron chi connectivity index (χ2n) is 42.4. The third-order valence-electron chi connectivity index (χ3n) is 37.9. The fraction of sp³-hybridized carbons (Fsp3) is 0.789. The zero-order valence-corrected chi connectivity index (χ0v) is 67.8. The molecule has 0 spiro atoms. The Labute approximate surface area is 655 Å². The van der Waals surface area contributed by atoms with Crippen LogP contribution in [0.5, 0.6) is 11.5 Å². The molecule has 606 valence electrons. The van der Waals surface area contributed by atoms with Gasteiger partial charge in [-0.3, -0.25) is 19.2 Å². The molecule has 34 atom stereocenters. The van der Waals surface area contributed by atoms with Crippen LogP contribution in [0, 0.1) is 132 Å². The molecule has 14 saturated carbocycles. The van der Waals surface area contributed by atoms with Crippen LogP contribution in [-0.4, -0.2) is 134 Å². The van der Waals surface area contributed by atoms with Gasteiger partial charge in [0.1, 0.15) is 34.6 Å². The van der Waals surface area contributed by atoms with Gasteiger partial charge in [0.05, 0.1) is 54.9 Å². The molecule has 24 unspecified atom stereocenters. The molecule has 0 amide bonds. The SMILES string of the molecule is CC(=O)C1CCC2C3C(CCC12C)C1(C)CC[C@H](O)CC1=C[C@@H]3O.CC12CCC3C(C1CCC2=O)[C@@H](O)C=C1C[C@@H](O)CCC13C.CC12CCC3C(C1CCC2=O)[C@@H](O)C[C@H]1C[C@@H](O)CCC31C.CC12CCC3c4ccc(O)cc4C[C@H](O)C3C1CCC2=O.CC12CCC3c4ccc(O)cc4C[C@H](O)C3C1CC[C@@H]2O. The predicted octanol–water partition coefficient (Wildman–Crippen LogP) is 14.6. The molecule has 15 nitrogen and oxygen atoms in total. The Balaban J connectivity index is 0.000000105. The van der Waals surface area contributed by atoms with E-state index in [9.17, 15) is 75.3 Å². The maximum Gasteiger partial charge on any atom is 0.139 e. The van der Waals surface area contributed by atoms with Gasteiger partial charge in [0.25, 0.3) is 0 Å². The summed E-state index contributed by atoms with van der Waals surface area (Å²) in [4.78, 5) is 49.2. The van der Waals surface area contributed by atoms with Gasteiger partial charge in [0, 0.05) is 41.4 Å². The molecule has 110 heavy (non-hydrogen) atoms. The molecule has 0 radical (unpaired) electrons. The maximum atomic E-state index is 12.4. The molecule has 0 aliphatic heterocycles. The number of aliphatic hydroxyl groups is 9. The summed E-state index contributed by atoms with van der Waals surface area (Å²) in [5.74, 6) is 8.25. The summed E-state index contributed by atoms with van der Waals surface area (Å²) >= 11 is 0. The van der Waals surface area contributed by atoms with Crippen molar-refractivity contribution in [1.82, 2.24) is 0 Å². The minimum absolute atomic E-state index is 0.0173. The third kappa shape index (κ3) is 12.6. The van der Waals surface area contributed by atoms with E-state index in [1.54, 1.807) is 25.1 Å². The van der Waals surface area contributed by atoms with Crippen LogP contribution in [-0.2, 0) is 32.0 Å². The highest BCUT2D eigenvalue weighted by molar-refractivity contribution is 5.88. The number of rotatable bonds is 1. The lowest BCUT2D eigenvalue weighted by Gasteiger charge is -2.61. The number of Topliss-reactive ketones (excluding diaryl/α,β-unsaturated/α-hetero) is 4. The van der Waals surface area contributed by atoms with E-state index < -0.39 is 12.2 Å². The summed E-state index contributed by atoms with van der Waals surface area (Å²) in [6.07, 6.45) is 30.8. The first-order chi connectivity index (χ1) is 52.0. The summed E-state index contributed by atoms with van der Waals surface area (Å²) < 4.78 is 0. The molecule has 14 fully saturated rings. The van der Waals surface area contributed by atoms with E-state index in [2.05, 4.69) is 61.5 Å². The van der Waals surface area contributed by atoms with Crippen molar-refractivity contribution < 1.29 is 75.3 Å². The number of carbonyl (C=O) groups excluding carboxylic acids is 4. The van der Waals surface area contributed by atoms with Crippen molar-refractivity contribution in [3.63, 3.8) is 0 Å². The Morgan fingerprint density at radius 2 is 0.755 bits per heavy atom. The topological polar surface area (TPSA) is 291 Å². The maximum absolute atomic E-state index is 12.4. The lowest BCUT2D eigenvalue weighted by Crippen LogP contribution is -2.58. The van der Waals surface area contributed by atoms with Gasteiger partial charge < -0.3 is 56.2 Å². The van der Waals surface area contributed by atoms with E-state index in [1.165, 1.54) is 22.3 Å². The van der Waals surface area contributed by atoms with Crippen LogP contribution in [0.3, 0.4) is 0 Å². The molecule has 0 aromatic heterocycles. The van der Waals surface area contributed by atoms with Crippen LogP contribution < -0.4 is 0 Å². The van der Waals surface area contributed by atoms with Crippen LogP contribution in [0.4, 0.5) is 0 Å². The van der Waals surface area contributed by atoms with E-state index in [0.717, 1.165) is 191 Å². The lowest BCUT2D eigenvalue weighted by molar-refractivity contribution is -0.171. The van der Waals surface area contributed by atoms with Crippen molar-refractivity contribution in [2.45, 2.75) is 335 Å². The number of aromatic hydroxyl groups is 2. The summed E-state index contributed by atoms with van der Waals surface area (Å²) in [5.41, 5.74) is 7.34. The lowest BCUT2D eigenvalue weighted by atomic mass is 9.44. The first-order valence-electron chi connectivity index (χ1n) is 44.3. The zero-order chi connectivity index (χ0) is 78.2. The molecule has 18 aliphatic carbocycles. The Kier molecular flexibility index (Phi) is 20.9. The van der Waals surface area contributed by atoms with E-state index in [1.807, 2.05) is 24.3 Å². The quantitative estimate of drug-likeness (QED) is 0.118. The first kappa shape index (κ1) is 79.7. The van der Waals surface area contributed by atoms with Crippen LogP contribution in [0.15, 0.2) is 59.7 Å². The van der Waals surface area contributed by atoms with Gasteiger partial charge in [0.2, 0.25) is 0 Å². The summed E-state index contributed by atoms with van der Waals surface area (Å²) in [5, 5.41) is 114. The monoisotopic (exact) mass is 1520 g/mol. The van der Waals surface area contributed by atoms with Gasteiger partial charge in [-0.25, -0.2) is 0 Å². The average Bonchev–Trinajstić information content (AvgIpc) is 1.40. The second-order valence-corrected chi connectivity index (χ2v) is 42.4. The van der Waals surface area contributed by atoms with E-state index in [4.69, 9.17) is 0 Å². The number of phenolic OH excluding ortho intramolecular Hbond substituents is 2. The molecule has 15 heteroatoms. The molecule has 0 saturated heterocycles. The Bertz CT molecular complexity index is 3940. The minimum Gasteiger partial charge on any atom is -0.508 e. The molecule has 2 aromatic rings. The number of benzene rings is 2. The first-order valence-corrected chi connectivity index (χ1v) is 44.3. The number of phenols is 2. The fourth-order valence-corrected chi connectivity index (χ4v) is 31.6. The molecule has 2 aromatic carbocycles. The van der Waals surface area contributed by atoms with Crippen LogP contribution in [0.2, 0.25) is 0 Å². The van der Waals surface area contributed by atoms with Crippen molar-refractivity contribution in [3.8, 4) is 11.5 Å². The summed E-state index contributed by atoms with van der Waals surface area (Å²) in [6.45, 7) is 19.8. The van der Waals surface area contributed by atoms with Gasteiger partial charge in [-0.05, 0) is 361 Å². The number of fused-ring (bicyclic) bond motifs is 25. The van der Waals surface area contributed by atoms with Gasteiger partial charge in [0.15, 0.2) is 0 Å². The smallest absolute Gasteiger partial charge is 0.139 e. The molecular weight excluding hydrogens is 1380 g/mol. The largest absolute Gasteiger partial charge is 0.508 e. The third-order valence-corrected chi connectivity index (χ3v) is 37.9. The Morgan fingerprint density at radius 3 is 1.28 bits per heavy atom. The van der Waals surface area contributed by atoms with Crippen molar-refractivity contribution in [3.05, 3.63) is 82.0 Å². The number of ketones is 4. The molecule has 0 bridgehead atoms. The van der Waals surface area contributed by atoms with E-state index in [0.29, 0.717) is 120 Å². The highest BCUT2D eigenvalue weighted by Gasteiger charge is 2.67. The van der Waals surface area contributed by atoms with Crippen LogP contribution in [0.25, 0.3) is 0 Å². The predicted molar refractivity (Wildman–Crippen MR) is 421 cm³/mol. The van der Waals surface area contributed by atoms with Gasteiger partial charge in [-0.15, -0.1) is 0 Å². The zero-order valence-electron chi connectivity index (χ0n) is 67.8. The Hall–Kier alpha value is -4.16. The molecule has 20 rings (SSSR count). The van der Waals surface area contributed by atoms with Crippen molar-refractivity contribution in [1.29, 1.82) is 0 Å². The van der Waals surface area contributed by atoms with Crippen molar-refractivity contribution in [2.24, 2.45) is 132 Å². The number of carbonyl (C=O) groups is 4. The number of aliphatic hydroxyl groups excluding tert-OH is 9. The van der Waals surface area contributed by atoms with E-state index in [-0.39, 0.29) is 127 Å². The van der Waals surface area contributed by atoms with Crippen LogP contribution in [0.1, 0.15) is 289 Å². The van der Waals surface area contributed by atoms with Crippen molar-refractivity contribution in [2.75, 3.05) is 0 Å². The van der Waals surface area contributed by atoms with E-state index >= 15 is 0 Å². The second kappa shape index (κ2) is 28.9. The highest BCUT2D eigenvalue weighted by atomic mass is 16.3. The molecule has 18 aliphatic rings. The highest BCUT2D eigenvalue weighted by Crippen LogP contribution is 2.70. The molecular formula is C95H136O15. The van der Waals surface area contributed by atoms with Gasteiger partial charge in [-0.2, -0.15) is 0 Å². The minimum atomic E-state index is -0.436. The number of hydrogen-bond acceptors (Lipinski definition) is 15. The number of hydrogen-bond donors (Lipinski definition) is 11.